The Morgan fingerprint density at radius 1 is 0.783 bits per heavy atom. The van der Waals surface area contributed by atoms with Crippen molar-refractivity contribution in [2.45, 2.75) is 98.6 Å². The van der Waals surface area contributed by atoms with Crippen molar-refractivity contribution in [3.05, 3.63) is 0 Å². The number of hydrogen-bond acceptors (Lipinski definition) is 6. The molecule has 0 aliphatic heterocycles. The Bertz CT molecular complexity index is 394. The van der Waals surface area contributed by atoms with Crippen LogP contribution in [0, 0.1) is 5.92 Å². The average Bonchev–Trinajstić information content (AvgIpc) is 2.31. The fourth-order valence-electron chi connectivity index (χ4n) is 1.69. The van der Waals surface area contributed by atoms with Gasteiger partial charge in [-0.3, -0.25) is 0 Å². The van der Waals surface area contributed by atoms with Crippen LogP contribution in [0.5, 0.6) is 0 Å². The molecule has 2 unspecified atom stereocenters. The molecule has 0 spiro atoms. The highest BCUT2D eigenvalue weighted by Crippen LogP contribution is 2.25. The van der Waals surface area contributed by atoms with E-state index in [-0.39, 0.29) is 17.2 Å². The molecular weight excluding hydrogens is 292 g/mol. The summed E-state index contributed by atoms with van der Waals surface area (Å²) in [6.45, 7) is 20.5. The number of nitrogens with zero attached hydrogens (tertiary/aromatic N) is 4. The zero-order valence-electron chi connectivity index (χ0n) is 16.7. The van der Waals surface area contributed by atoms with Crippen molar-refractivity contribution in [2.24, 2.45) is 26.4 Å². The summed E-state index contributed by atoms with van der Waals surface area (Å²) in [7, 11) is 0. The number of hydrogen-bond donors (Lipinski definition) is 0. The van der Waals surface area contributed by atoms with Gasteiger partial charge >= 0.3 is 0 Å². The van der Waals surface area contributed by atoms with Gasteiger partial charge in [-0.1, -0.05) is 13.8 Å². The van der Waals surface area contributed by atoms with Gasteiger partial charge in [-0.05, 0) is 61.3 Å². The van der Waals surface area contributed by atoms with Crippen LogP contribution in [0.25, 0.3) is 0 Å². The second-order valence-corrected chi connectivity index (χ2v) is 8.73. The van der Waals surface area contributed by atoms with E-state index in [1.807, 2.05) is 55.4 Å². The monoisotopic (exact) mass is 328 g/mol. The lowest BCUT2D eigenvalue weighted by atomic mass is 10.0. The molecule has 23 heavy (non-hydrogen) atoms. The molecule has 136 valence electrons. The Morgan fingerprint density at radius 2 is 1.30 bits per heavy atom. The minimum Gasteiger partial charge on any atom is -0.229 e. The molecule has 0 rings (SSSR count). The Morgan fingerprint density at radius 3 is 1.74 bits per heavy atom. The third-order valence-electron chi connectivity index (χ3n) is 2.45. The van der Waals surface area contributed by atoms with Crippen molar-refractivity contribution in [1.82, 2.24) is 0 Å². The lowest BCUT2D eigenvalue weighted by molar-refractivity contribution is -0.378. The molecule has 0 radical (unpaired) electrons. The van der Waals surface area contributed by atoms with E-state index in [1.165, 1.54) is 0 Å². The molecule has 0 saturated heterocycles. The van der Waals surface area contributed by atoms with Crippen LogP contribution < -0.4 is 0 Å². The third-order valence-corrected chi connectivity index (χ3v) is 2.45. The fourth-order valence-corrected chi connectivity index (χ4v) is 1.69. The van der Waals surface area contributed by atoms with E-state index in [0.717, 1.165) is 6.42 Å². The molecule has 0 aliphatic carbocycles. The van der Waals surface area contributed by atoms with E-state index in [1.54, 1.807) is 0 Å². The Labute approximate surface area is 142 Å². The normalized spacial score (nSPS) is 18.0. The van der Waals surface area contributed by atoms with Gasteiger partial charge in [0.25, 0.3) is 0 Å². The van der Waals surface area contributed by atoms with Crippen LogP contribution in [-0.2, 0) is 9.78 Å². The number of azo groups is 2. The van der Waals surface area contributed by atoms with E-state index in [2.05, 4.69) is 34.3 Å². The second-order valence-electron chi connectivity index (χ2n) is 8.73. The third kappa shape index (κ3) is 13.3. The summed E-state index contributed by atoms with van der Waals surface area (Å²) in [6, 6.07) is 0. The molecular formula is C17H36N4O2. The molecule has 6 nitrogen and oxygen atoms in total. The van der Waals surface area contributed by atoms with E-state index in [0.29, 0.717) is 12.5 Å². The van der Waals surface area contributed by atoms with Gasteiger partial charge in [-0.2, -0.15) is 20.5 Å². The summed E-state index contributed by atoms with van der Waals surface area (Å²) < 4.78 is 0. The molecule has 6 heteroatoms. The van der Waals surface area contributed by atoms with Crippen LogP contribution in [0.2, 0.25) is 0 Å². The molecule has 0 heterocycles. The molecule has 0 saturated carbocycles. The second kappa shape index (κ2) is 8.83. The maximum Gasteiger partial charge on any atom is 0.209 e. The van der Waals surface area contributed by atoms with Gasteiger partial charge in [0.2, 0.25) is 5.72 Å². The van der Waals surface area contributed by atoms with Crippen molar-refractivity contribution < 1.29 is 9.78 Å². The van der Waals surface area contributed by atoms with E-state index < -0.39 is 5.72 Å². The topological polar surface area (TPSA) is 67.9 Å². The maximum atomic E-state index is 5.62. The zero-order valence-corrected chi connectivity index (χ0v) is 16.7. The molecule has 0 bridgehead atoms. The van der Waals surface area contributed by atoms with Crippen LogP contribution in [0.3, 0.4) is 0 Å². The quantitative estimate of drug-likeness (QED) is 0.331. The van der Waals surface area contributed by atoms with Crippen molar-refractivity contribution in [3.8, 4) is 0 Å². The Hall–Kier alpha value is -0.880. The van der Waals surface area contributed by atoms with Crippen LogP contribution >= 0.6 is 0 Å². The van der Waals surface area contributed by atoms with Crippen LogP contribution in [0.1, 0.15) is 75.7 Å². The van der Waals surface area contributed by atoms with Crippen molar-refractivity contribution >= 4 is 0 Å². The Balaban J connectivity index is 4.67. The largest absolute Gasteiger partial charge is 0.229 e. The van der Waals surface area contributed by atoms with Gasteiger partial charge in [-0.15, -0.1) is 0 Å². The van der Waals surface area contributed by atoms with Gasteiger partial charge in [0, 0.05) is 6.42 Å². The van der Waals surface area contributed by atoms with Gasteiger partial charge in [0.1, 0.15) is 6.10 Å². The molecule has 0 N–H and O–H groups in total. The zero-order chi connectivity index (χ0) is 18.3. The highest BCUT2D eigenvalue weighted by molar-refractivity contribution is 4.75. The van der Waals surface area contributed by atoms with E-state index in [4.69, 9.17) is 9.78 Å². The van der Waals surface area contributed by atoms with E-state index in [9.17, 15) is 0 Å². The summed E-state index contributed by atoms with van der Waals surface area (Å²) in [4.78, 5) is 11.1. The predicted molar refractivity (Wildman–Crippen MR) is 93.6 cm³/mol. The molecule has 0 aromatic carbocycles. The molecule has 0 aliphatic rings. The smallest absolute Gasteiger partial charge is 0.209 e. The first-order valence-electron chi connectivity index (χ1n) is 8.40. The van der Waals surface area contributed by atoms with Crippen LogP contribution in [-0.4, -0.2) is 29.5 Å². The van der Waals surface area contributed by atoms with Gasteiger partial charge < -0.3 is 0 Å². The first-order valence-corrected chi connectivity index (χ1v) is 8.40. The molecule has 0 fully saturated rings. The highest BCUT2D eigenvalue weighted by atomic mass is 17.2. The van der Waals surface area contributed by atoms with Crippen LogP contribution in [0.15, 0.2) is 20.5 Å². The predicted octanol–water partition coefficient (Wildman–Crippen LogP) is 5.59. The minimum absolute atomic E-state index is 0.173. The summed E-state index contributed by atoms with van der Waals surface area (Å²) >= 11 is 0. The summed E-state index contributed by atoms with van der Waals surface area (Å²) in [6.07, 6.45) is 0.528. The summed E-state index contributed by atoms with van der Waals surface area (Å²) in [5, 5.41) is 17.1. The summed E-state index contributed by atoms with van der Waals surface area (Å²) in [5.74, 6) is 0.415. The first kappa shape index (κ1) is 22.1. The van der Waals surface area contributed by atoms with Gasteiger partial charge in [0.05, 0.1) is 17.6 Å². The molecule has 0 aromatic rings. The lowest BCUT2D eigenvalue weighted by Gasteiger charge is -2.27. The Kier molecular flexibility index (Phi) is 8.49. The molecule has 2 atom stereocenters. The van der Waals surface area contributed by atoms with E-state index >= 15 is 0 Å². The maximum absolute atomic E-state index is 5.62. The van der Waals surface area contributed by atoms with Gasteiger partial charge in [0.15, 0.2) is 0 Å². The van der Waals surface area contributed by atoms with Crippen molar-refractivity contribution in [3.63, 3.8) is 0 Å². The molecule has 0 amide bonds. The summed E-state index contributed by atoms with van der Waals surface area (Å²) in [5.41, 5.74) is -1.21. The SMILES string of the molecule is CC(C)CC(C)(/N=N/C(C)(C)C)OOC(C)C/N=N/C(C)(C)C. The fraction of sp³-hybridized carbons (Fsp3) is 1.00. The highest BCUT2D eigenvalue weighted by Gasteiger charge is 2.29. The molecule has 0 aromatic heterocycles. The number of rotatable bonds is 8. The van der Waals surface area contributed by atoms with Crippen molar-refractivity contribution in [1.29, 1.82) is 0 Å². The standard InChI is InChI=1S/C17H36N4O2/c1-13(2)11-17(10,21-20-16(7,8)9)23-22-14(3)12-18-19-15(4,5)6/h13-14H,11-12H2,1-10H3/b19-18+,21-20+. The van der Waals surface area contributed by atoms with Crippen molar-refractivity contribution in [2.75, 3.05) is 6.54 Å². The lowest BCUT2D eigenvalue weighted by Crippen LogP contribution is -2.31. The van der Waals surface area contributed by atoms with Crippen LogP contribution in [0.4, 0.5) is 0 Å². The van der Waals surface area contributed by atoms with Gasteiger partial charge in [-0.25, -0.2) is 9.78 Å². The average molecular weight is 329 g/mol. The minimum atomic E-state index is -0.795. The first-order chi connectivity index (χ1) is 10.2.